The number of rotatable bonds is 3. The Balaban J connectivity index is 3.26. The number of hydrogen-bond donors (Lipinski definition) is 1. The first-order valence-electron chi connectivity index (χ1n) is 6.17. The summed E-state index contributed by atoms with van der Waals surface area (Å²) in [6, 6.07) is 7.71. The predicted molar refractivity (Wildman–Crippen MR) is 69.8 cm³/mol. The molecule has 0 saturated heterocycles. The second kappa shape index (κ2) is 4.48. The smallest absolute Gasteiger partial charge is 0.115 e. The number of phenolic OH excluding ortho intramolecular Hbond substituents is 1. The maximum absolute atomic E-state index is 9.37. The molecule has 0 saturated carbocycles. The number of benzene rings is 1. The zero-order valence-corrected chi connectivity index (χ0v) is 11.2. The van der Waals surface area contributed by atoms with Gasteiger partial charge in [0.1, 0.15) is 5.75 Å². The first-order valence-corrected chi connectivity index (χ1v) is 6.17. The SMILES string of the molecule is CCC(CC)(c1ccc(O)cc1)C(C)(C)C. The molecule has 0 aliphatic rings. The van der Waals surface area contributed by atoms with Crippen LogP contribution in [0.3, 0.4) is 0 Å². The standard InChI is InChI=1S/C15H24O/c1-6-15(7-2,14(3,4)5)12-8-10-13(16)11-9-12/h8-11,16H,6-7H2,1-5H3. The Morgan fingerprint density at radius 2 is 1.38 bits per heavy atom. The van der Waals surface area contributed by atoms with E-state index in [1.807, 2.05) is 0 Å². The molecule has 0 aliphatic carbocycles. The van der Waals surface area contributed by atoms with E-state index in [-0.39, 0.29) is 10.8 Å². The van der Waals surface area contributed by atoms with Gasteiger partial charge >= 0.3 is 0 Å². The summed E-state index contributed by atoms with van der Waals surface area (Å²) < 4.78 is 0. The lowest BCUT2D eigenvalue weighted by Gasteiger charge is -2.44. The van der Waals surface area contributed by atoms with E-state index in [9.17, 15) is 5.11 Å². The van der Waals surface area contributed by atoms with Crippen molar-refractivity contribution in [3.63, 3.8) is 0 Å². The molecule has 1 N–H and O–H groups in total. The van der Waals surface area contributed by atoms with Crippen molar-refractivity contribution in [2.24, 2.45) is 5.41 Å². The lowest BCUT2D eigenvalue weighted by molar-refractivity contribution is 0.167. The van der Waals surface area contributed by atoms with Crippen LogP contribution in [-0.2, 0) is 5.41 Å². The molecule has 0 fully saturated rings. The van der Waals surface area contributed by atoms with Crippen LogP contribution in [0.2, 0.25) is 0 Å². The monoisotopic (exact) mass is 220 g/mol. The van der Waals surface area contributed by atoms with Crippen LogP contribution < -0.4 is 0 Å². The van der Waals surface area contributed by atoms with Crippen molar-refractivity contribution in [2.45, 2.75) is 52.9 Å². The van der Waals surface area contributed by atoms with Crippen LogP contribution in [-0.4, -0.2) is 5.11 Å². The molecule has 0 unspecified atom stereocenters. The van der Waals surface area contributed by atoms with Crippen molar-refractivity contribution in [2.75, 3.05) is 0 Å². The molecule has 90 valence electrons. The maximum atomic E-state index is 9.37. The van der Waals surface area contributed by atoms with Crippen LogP contribution in [0, 0.1) is 5.41 Å². The third-order valence-electron chi connectivity index (χ3n) is 4.06. The molecule has 1 aromatic carbocycles. The molecule has 0 heterocycles. The number of phenols is 1. The Labute approximate surface area is 99.5 Å². The predicted octanol–water partition coefficient (Wildman–Crippen LogP) is 4.50. The quantitative estimate of drug-likeness (QED) is 0.795. The molecule has 0 aromatic heterocycles. The first-order chi connectivity index (χ1) is 7.37. The van der Waals surface area contributed by atoms with E-state index in [4.69, 9.17) is 0 Å². The van der Waals surface area contributed by atoms with Crippen LogP contribution in [0.4, 0.5) is 0 Å². The Hall–Kier alpha value is -0.980. The fraction of sp³-hybridized carbons (Fsp3) is 0.600. The van der Waals surface area contributed by atoms with Gasteiger partial charge in [-0.3, -0.25) is 0 Å². The maximum Gasteiger partial charge on any atom is 0.115 e. The van der Waals surface area contributed by atoms with Crippen LogP contribution in [0.1, 0.15) is 53.0 Å². The van der Waals surface area contributed by atoms with Gasteiger partial charge in [-0.25, -0.2) is 0 Å². The van der Waals surface area contributed by atoms with E-state index in [2.05, 4.69) is 46.8 Å². The molecule has 1 heteroatoms. The summed E-state index contributed by atoms with van der Waals surface area (Å²) in [5, 5.41) is 9.37. The average Bonchev–Trinajstić information content (AvgIpc) is 2.21. The van der Waals surface area contributed by atoms with Gasteiger partial charge in [0.2, 0.25) is 0 Å². The van der Waals surface area contributed by atoms with Crippen molar-refractivity contribution < 1.29 is 5.11 Å². The van der Waals surface area contributed by atoms with Gasteiger partial charge in [-0.15, -0.1) is 0 Å². The topological polar surface area (TPSA) is 20.2 Å². The summed E-state index contributed by atoms with van der Waals surface area (Å²) in [6.45, 7) is 11.4. The van der Waals surface area contributed by atoms with Gasteiger partial charge in [0, 0.05) is 0 Å². The van der Waals surface area contributed by atoms with E-state index >= 15 is 0 Å². The Morgan fingerprint density at radius 3 is 1.69 bits per heavy atom. The fourth-order valence-electron chi connectivity index (χ4n) is 2.93. The lowest BCUT2D eigenvalue weighted by atomic mass is 9.60. The highest BCUT2D eigenvalue weighted by Crippen LogP contribution is 2.46. The van der Waals surface area contributed by atoms with Gasteiger partial charge in [0.25, 0.3) is 0 Å². The molecule has 1 rings (SSSR count). The van der Waals surface area contributed by atoms with E-state index in [0.29, 0.717) is 5.75 Å². The van der Waals surface area contributed by atoms with Gasteiger partial charge in [-0.1, -0.05) is 46.8 Å². The summed E-state index contributed by atoms with van der Waals surface area (Å²) in [5.41, 5.74) is 1.76. The summed E-state index contributed by atoms with van der Waals surface area (Å²) in [5.74, 6) is 0.346. The minimum Gasteiger partial charge on any atom is -0.508 e. The highest BCUT2D eigenvalue weighted by atomic mass is 16.3. The lowest BCUT2D eigenvalue weighted by Crippen LogP contribution is -2.39. The Bertz CT molecular complexity index is 325. The van der Waals surface area contributed by atoms with Gasteiger partial charge in [0.15, 0.2) is 0 Å². The fourth-order valence-corrected chi connectivity index (χ4v) is 2.93. The Kier molecular flexibility index (Phi) is 3.67. The normalized spacial score (nSPS) is 12.8. The summed E-state index contributed by atoms with van der Waals surface area (Å²) >= 11 is 0. The zero-order chi connectivity index (χ0) is 12.4. The van der Waals surface area contributed by atoms with Crippen LogP contribution >= 0.6 is 0 Å². The molecule has 0 atom stereocenters. The minimum atomic E-state index is 0.195. The van der Waals surface area contributed by atoms with E-state index in [1.165, 1.54) is 5.56 Å². The zero-order valence-electron chi connectivity index (χ0n) is 11.2. The molecular formula is C15H24O. The first kappa shape index (κ1) is 13.1. The van der Waals surface area contributed by atoms with E-state index in [0.717, 1.165) is 12.8 Å². The number of hydrogen-bond acceptors (Lipinski definition) is 1. The largest absolute Gasteiger partial charge is 0.508 e. The Morgan fingerprint density at radius 1 is 0.938 bits per heavy atom. The molecule has 0 amide bonds. The number of aromatic hydroxyl groups is 1. The second-order valence-corrected chi connectivity index (χ2v) is 5.59. The van der Waals surface area contributed by atoms with Crippen molar-refractivity contribution in [1.29, 1.82) is 0 Å². The van der Waals surface area contributed by atoms with Crippen molar-refractivity contribution >= 4 is 0 Å². The van der Waals surface area contributed by atoms with Gasteiger partial charge in [0.05, 0.1) is 0 Å². The third kappa shape index (κ3) is 2.09. The molecule has 0 bridgehead atoms. The third-order valence-corrected chi connectivity index (χ3v) is 4.06. The van der Waals surface area contributed by atoms with Crippen molar-refractivity contribution in [3.05, 3.63) is 29.8 Å². The highest BCUT2D eigenvalue weighted by Gasteiger charge is 2.39. The molecule has 0 aliphatic heterocycles. The highest BCUT2D eigenvalue weighted by molar-refractivity contribution is 5.33. The van der Waals surface area contributed by atoms with Crippen molar-refractivity contribution in [1.82, 2.24) is 0 Å². The summed E-state index contributed by atoms with van der Waals surface area (Å²) in [6.07, 6.45) is 2.25. The minimum absolute atomic E-state index is 0.195. The van der Waals surface area contributed by atoms with Crippen molar-refractivity contribution in [3.8, 4) is 5.75 Å². The molecular weight excluding hydrogens is 196 g/mol. The van der Waals surface area contributed by atoms with Gasteiger partial charge in [-0.2, -0.15) is 0 Å². The molecule has 0 radical (unpaired) electrons. The second-order valence-electron chi connectivity index (χ2n) is 5.59. The summed E-state index contributed by atoms with van der Waals surface area (Å²) in [4.78, 5) is 0. The summed E-state index contributed by atoms with van der Waals surface area (Å²) in [7, 11) is 0. The van der Waals surface area contributed by atoms with E-state index < -0.39 is 0 Å². The molecule has 0 spiro atoms. The van der Waals surface area contributed by atoms with Gasteiger partial charge in [-0.05, 0) is 41.4 Å². The average molecular weight is 220 g/mol. The molecule has 16 heavy (non-hydrogen) atoms. The van der Waals surface area contributed by atoms with Crippen LogP contribution in [0.5, 0.6) is 5.75 Å². The van der Waals surface area contributed by atoms with Crippen LogP contribution in [0.25, 0.3) is 0 Å². The molecule has 1 aromatic rings. The molecule has 1 nitrogen and oxygen atoms in total. The van der Waals surface area contributed by atoms with Crippen LogP contribution in [0.15, 0.2) is 24.3 Å². The van der Waals surface area contributed by atoms with Gasteiger partial charge < -0.3 is 5.11 Å². The van der Waals surface area contributed by atoms with E-state index in [1.54, 1.807) is 12.1 Å².